The number of aryl methyl sites for hydroxylation is 1. The maximum absolute atomic E-state index is 12.3. The van der Waals surface area contributed by atoms with Crippen molar-refractivity contribution in [1.82, 2.24) is 4.98 Å². The highest BCUT2D eigenvalue weighted by atomic mass is 35.5. The van der Waals surface area contributed by atoms with Gasteiger partial charge in [-0.15, -0.1) is 0 Å². The maximum atomic E-state index is 12.3. The minimum Gasteiger partial charge on any atom is -0.398 e. The van der Waals surface area contributed by atoms with E-state index in [2.05, 4.69) is 9.71 Å². The number of hydrogen-bond acceptors (Lipinski definition) is 4. The number of benzene rings is 1. The summed E-state index contributed by atoms with van der Waals surface area (Å²) in [5.41, 5.74) is 7.90. The molecule has 3 N–H and O–H groups in total. The lowest BCUT2D eigenvalue weighted by Crippen LogP contribution is -2.15. The van der Waals surface area contributed by atoms with E-state index in [-0.39, 0.29) is 15.7 Å². The molecule has 1 heterocycles. The number of nitrogens with two attached hydrogens (primary N) is 1. The Labute approximate surface area is 122 Å². The van der Waals surface area contributed by atoms with Crippen LogP contribution in [0.3, 0.4) is 0 Å². The predicted octanol–water partition coefficient (Wildman–Crippen LogP) is 2.73. The molecule has 2 rings (SSSR count). The highest BCUT2D eigenvalue weighted by Gasteiger charge is 2.18. The average molecular weight is 312 g/mol. The molecule has 7 heteroatoms. The second-order valence-corrected chi connectivity index (χ2v) is 6.48. The van der Waals surface area contributed by atoms with Crippen molar-refractivity contribution < 1.29 is 8.42 Å². The van der Waals surface area contributed by atoms with E-state index in [1.54, 1.807) is 25.1 Å². The molecule has 0 aliphatic carbocycles. The summed E-state index contributed by atoms with van der Waals surface area (Å²) in [6, 6.07) is 6.15. The maximum Gasteiger partial charge on any atom is 0.263 e. The molecule has 0 aliphatic rings. The monoisotopic (exact) mass is 311 g/mol. The van der Waals surface area contributed by atoms with Crippen LogP contribution < -0.4 is 10.5 Å². The van der Waals surface area contributed by atoms with Crippen molar-refractivity contribution in [3.63, 3.8) is 0 Å². The Morgan fingerprint density at radius 1 is 1.30 bits per heavy atom. The fourth-order valence-corrected chi connectivity index (χ4v) is 3.03. The van der Waals surface area contributed by atoms with Crippen molar-refractivity contribution in [3.8, 4) is 0 Å². The summed E-state index contributed by atoms with van der Waals surface area (Å²) < 4.78 is 27.0. The lowest BCUT2D eigenvalue weighted by Gasteiger charge is -2.11. The SMILES string of the molecule is Cc1cc(S(=O)(=O)Nc2ncccc2Cl)cc(N)c1C. The second-order valence-electron chi connectivity index (χ2n) is 4.39. The van der Waals surface area contributed by atoms with Gasteiger partial charge in [0.2, 0.25) is 0 Å². The molecule has 0 saturated carbocycles. The Balaban J connectivity index is 2.44. The van der Waals surface area contributed by atoms with Gasteiger partial charge in [-0.05, 0) is 49.2 Å². The van der Waals surface area contributed by atoms with Crippen molar-refractivity contribution in [2.24, 2.45) is 0 Å². The van der Waals surface area contributed by atoms with Crippen LogP contribution in [-0.4, -0.2) is 13.4 Å². The summed E-state index contributed by atoms with van der Waals surface area (Å²) in [6.07, 6.45) is 1.46. The van der Waals surface area contributed by atoms with Crippen molar-refractivity contribution in [1.29, 1.82) is 0 Å². The third-order valence-electron chi connectivity index (χ3n) is 2.98. The average Bonchev–Trinajstić information content (AvgIpc) is 2.38. The molecule has 0 aliphatic heterocycles. The summed E-state index contributed by atoms with van der Waals surface area (Å²) in [7, 11) is -3.77. The first-order chi connectivity index (χ1) is 9.31. The summed E-state index contributed by atoms with van der Waals surface area (Å²) in [6.45, 7) is 3.64. The topological polar surface area (TPSA) is 85.1 Å². The lowest BCUT2D eigenvalue weighted by atomic mass is 10.1. The molecule has 0 amide bonds. The van der Waals surface area contributed by atoms with Crippen molar-refractivity contribution in [3.05, 3.63) is 46.6 Å². The van der Waals surface area contributed by atoms with Gasteiger partial charge in [0, 0.05) is 11.9 Å². The number of halogens is 1. The van der Waals surface area contributed by atoms with E-state index >= 15 is 0 Å². The molecule has 0 spiro atoms. The molecule has 2 aromatic rings. The molecule has 0 radical (unpaired) electrons. The predicted molar refractivity (Wildman–Crippen MR) is 80.4 cm³/mol. The molecule has 106 valence electrons. The van der Waals surface area contributed by atoms with Gasteiger partial charge in [0.15, 0.2) is 5.82 Å². The number of aromatic nitrogens is 1. The van der Waals surface area contributed by atoms with Gasteiger partial charge in [-0.25, -0.2) is 13.4 Å². The number of hydrogen-bond donors (Lipinski definition) is 2. The number of sulfonamides is 1. The third kappa shape index (κ3) is 2.86. The smallest absolute Gasteiger partial charge is 0.263 e. The lowest BCUT2D eigenvalue weighted by molar-refractivity contribution is 0.601. The van der Waals surface area contributed by atoms with Crippen LogP contribution in [-0.2, 0) is 10.0 Å². The van der Waals surface area contributed by atoms with Crippen LogP contribution in [0.2, 0.25) is 5.02 Å². The van der Waals surface area contributed by atoms with Gasteiger partial charge in [0.1, 0.15) is 0 Å². The highest BCUT2D eigenvalue weighted by Crippen LogP contribution is 2.25. The quantitative estimate of drug-likeness (QED) is 0.853. The fraction of sp³-hybridized carbons (Fsp3) is 0.154. The first-order valence-corrected chi connectivity index (χ1v) is 7.67. The zero-order chi connectivity index (χ0) is 14.9. The molecular weight excluding hydrogens is 298 g/mol. The Hall–Kier alpha value is -1.79. The summed E-state index contributed by atoms with van der Waals surface area (Å²) in [5, 5.41) is 0.230. The highest BCUT2D eigenvalue weighted by molar-refractivity contribution is 7.92. The molecular formula is C13H14ClN3O2S. The molecule has 0 saturated heterocycles. The van der Waals surface area contributed by atoms with E-state index in [4.69, 9.17) is 17.3 Å². The molecule has 5 nitrogen and oxygen atoms in total. The third-order valence-corrected chi connectivity index (χ3v) is 4.60. The Morgan fingerprint density at radius 3 is 2.60 bits per heavy atom. The van der Waals surface area contributed by atoms with Crippen LogP contribution in [0.1, 0.15) is 11.1 Å². The number of nitrogen functional groups attached to an aromatic ring is 1. The Kier molecular flexibility index (Phi) is 3.87. The van der Waals surface area contributed by atoms with Crippen LogP contribution in [0.5, 0.6) is 0 Å². The molecule has 0 unspecified atom stereocenters. The van der Waals surface area contributed by atoms with Crippen molar-refractivity contribution in [2.75, 3.05) is 10.5 Å². The zero-order valence-corrected chi connectivity index (χ0v) is 12.6. The molecule has 20 heavy (non-hydrogen) atoms. The van der Waals surface area contributed by atoms with Crippen LogP contribution in [0.4, 0.5) is 11.5 Å². The first-order valence-electron chi connectivity index (χ1n) is 5.81. The fourth-order valence-electron chi connectivity index (χ4n) is 1.65. The van der Waals surface area contributed by atoms with Gasteiger partial charge >= 0.3 is 0 Å². The number of rotatable bonds is 3. The summed E-state index contributed by atoms with van der Waals surface area (Å²) in [5.74, 6) is 0.0889. The van der Waals surface area contributed by atoms with E-state index in [0.29, 0.717) is 5.69 Å². The van der Waals surface area contributed by atoms with Gasteiger partial charge in [-0.3, -0.25) is 4.72 Å². The zero-order valence-electron chi connectivity index (χ0n) is 11.0. The van der Waals surface area contributed by atoms with Crippen molar-refractivity contribution in [2.45, 2.75) is 18.7 Å². The minimum atomic E-state index is -3.77. The summed E-state index contributed by atoms with van der Waals surface area (Å²) in [4.78, 5) is 3.98. The molecule has 0 fully saturated rings. The standard InChI is InChI=1S/C13H14ClN3O2S/c1-8-6-10(7-12(15)9(8)2)20(18,19)17-13-11(14)4-3-5-16-13/h3-7H,15H2,1-2H3,(H,16,17). The van der Waals surface area contributed by atoms with E-state index in [1.807, 2.05) is 6.92 Å². The second kappa shape index (κ2) is 5.30. The van der Waals surface area contributed by atoms with Crippen molar-refractivity contribution >= 4 is 33.1 Å². The Morgan fingerprint density at radius 2 is 2.00 bits per heavy atom. The van der Waals surface area contributed by atoms with Crippen LogP contribution in [0, 0.1) is 13.8 Å². The Bertz CT molecular complexity index is 737. The van der Waals surface area contributed by atoms with Crippen LogP contribution in [0.25, 0.3) is 0 Å². The molecule has 0 atom stereocenters. The number of nitrogens with zero attached hydrogens (tertiary/aromatic N) is 1. The van der Waals surface area contributed by atoms with Gasteiger partial charge in [-0.2, -0.15) is 0 Å². The number of anilines is 2. The number of nitrogens with one attached hydrogen (secondary N) is 1. The van der Waals surface area contributed by atoms with Gasteiger partial charge in [0.25, 0.3) is 10.0 Å². The van der Waals surface area contributed by atoms with Crippen LogP contribution in [0.15, 0.2) is 35.4 Å². The van der Waals surface area contributed by atoms with E-state index < -0.39 is 10.0 Å². The molecule has 1 aromatic carbocycles. The molecule has 1 aromatic heterocycles. The largest absolute Gasteiger partial charge is 0.398 e. The minimum absolute atomic E-state index is 0.0832. The number of pyridine rings is 1. The first kappa shape index (κ1) is 14.6. The van der Waals surface area contributed by atoms with E-state index in [9.17, 15) is 8.42 Å². The normalized spacial score (nSPS) is 11.3. The van der Waals surface area contributed by atoms with Gasteiger partial charge in [-0.1, -0.05) is 11.6 Å². The van der Waals surface area contributed by atoms with Gasteiger partial charge < -0.3 is 5.73 Å². The molecule has 0 bridgehead atoms. The van der Waals surface area contributed by atoms with Gasteiger partial charge in [0.05, 0.1) is 9.92 Å². The van der Waals surface area contributed by atoms with Crippen LogP contribution >= 0.6 is 11.6 Å². The van der Waals surface area contributed by atoms with E-state index in [0.717, 1.165) is 11.1 Å². The summed E-state index contributed by atoms with van der Waals surface area (Å²) >= 11 is 5.89. The van der Waals surface area contributed by atoms with E-state index in [1.165, 1.54) is 12.3 Å².